The highest BCUT2D eigenvalue weighted by Gasteiger charge is 2.16. The summed E-state index contributed by atoms with van der Waals surface area (Å²) in [6, 6.07) is 11.6. The Morgan fingerprint density at radius 2 is 1.59 bits per heavy atom. The third-order valence-corrected chi connectivity index (χ3v) is 5.52. The number of nitrogens with zero attached hydrogens (tertiary/aromatic N) is 1. The first-order valence-electron chi connectivity index (χ1n) is 8.51. The van der Waals surface area contributed by atoms with Gasteiger partial charge in [-0.05, 0) is 30.3 Å². The van der Waals surface area contributed by atoms with Crippen molar-refractivity contribution in [2.45, 2.75) is 11.8 Å². The van der Waals surface area contributed by atoms with E-state index >= 15 is 0 Å². The van der Waals surface area contributed by atoms with E-state index in [1.807, 2.05) is 0 Å². The molecule has 2 amide bonds. The van der Waals surface area contributed by atoms with Gasteiger partial charge in [-0.25, -0.2) is 18.2 Å². The lowest BCUT2D eigenvalue weighted by Gasteiger charge is -2.09. The number of carbonyl (C=O) groups is 2. The monoisotopic (exact) mass is 415 g/mol. The number of carbonyl (C=O) groups excluding carboxylic acids is 2. The molecule has 4 N–H and O–H groups in total. The lowest BCUT2D eigenvalue weighted by Crippen LogP contribution is -2.42. The van der Waals surface area contributed by atoms with Gasteiger partial charge in [0, 0.05) is 17.5 Å². The van der Waals surface area contributed by atoms with Crippen LogP contribution in [0.1, 0.15) is 27.8 Å². The molecule has 0 atom stereocenters. The Hall–Kier alpha value is -3.57. The predicted octanol–water partition coefficient (Wildman–Crippen LogP) is 0.296. The van der Waals surface area contributed by atoms with Gasteiger partial charge in [-0.1, -0.05) is 25.1 Å². The number of aromatic nitrogens is 2. The Morgan fingerprint density at radius 1 is 0.966 bits per heavy atom. The number of hydrogen-bond acceptors (Lipinski definition) is 6. The quantitative estimate of drug-likeness (QED) is 0.440. The molecule has 0 fully saturated rings. The molecular weight excluding hydrogens is 398 g/mol. The lowest BCUT2D eigenvalue weighted by molar-refractivity contribution is 0.0844. The van der Waals surface area contributed by atoms with E-state index < -0.39 is 27.4 Å². The fraction of sp³-hybridized carbons (Fsp3) is 0.111. The molecular formula is C18H17N5O5S. The molecule has 11 heteroatoms. The number of nitrogens with one attached hydrogen (secondary N) is 4. The zero-order chi connectivity index (χ0) is 21.0. The number of benzene rings is 2. The third-order valence-electron chi connectivity index (χ3n) is 3.96. The van der Waals surface area contributed by atoms with E-state index in [0.717, 1.165) is 0 Å². The van der Waals surface area contributed by atoms with Crippen molar-refractivity contribution < 1.29 is 18.0 Å². The third kappa shape index (κ3) is 4.31. The smallest absolute Gasteiger partial charge is 0.267 e. The molecule has 0 radical (unpaired) electrons. The molecule has 0 spiro atoms. The van der Waals surface area contributed by atoms with Crippen LogP contribution in [0.3, 0.4) is 0 Å². The summed E-state index contributed by atoms with van der Waals surface area (Å²) >= 11 is 0. The van der Waals surface area contributed by atoms with Gasteiger partial charge < -0.3 is 0 Å². The van der Waals surface area contributed by atoms with Crippen molar-refractivity contribution in [1.29, 1.82) is 0 Å². The Balaban J connectivity index is 1.72. The molecule has 0 aliphatic carbocycles. The van der Waals surface area contributed by atoms with Gasteiger partial charge in [0.1, 0.15) is 0 Å². The number of hydrogen-bond donors (Lipinski definition) is 4. The average Bonchev–Trinajstić information content (AvgIpc) is 2.72. The molecule has 0 aliphatic heterocycles. The van der Waals surface area contributed by atoms with Gasteiger partial charge in [0.2, 0.25) is 10.0 Å². The molecule has 10 nitrogen and oxygen atoms in total. The maximum atomic E-state index is 12.4. The van der Waals surface area contributed by atoms with Gasteiger partial charge in [0.15, 0.2) is 5.69 Å². The number of fused-ring (bicyclic) bond motifs is 1. The molecule has 0 saturated carbocycles. The van der Waals surface area contributed by atoms with Crippen molar-refractivity contribution in [3.8, 4) is 0 Å². The van der Waals surface area contributed by atoms with Crippen molar-refractivity contribution in [2.75, 3.05) is 6.54 Å². The highest BCUT2D eigenvalue weighted by atomic mass is 32.2. The Morgan fingerprint density at radius 3 is 2.24 bits per heavy atom. The van der Waals surface area contributed by atoms with Crippen LogP contribution >= 0.6 is 0 Å². The molecule has 0 aliphatic rings. The fourth-order valence-electron chi connectivity index (χ4n) is 2.59. The minimum Gasteiger partial charge on any atom is -0.267 e. The highest BCUT2D eigenvalue weighted by Crippen LogP contribution is 2.12. The number of amides is 2. The maximum Gasteiger partial charge on any atom is 0.290 e. The summed E-state index contributed by atoms with van der Waals surface area (Å²) in [6.07, 6.45) is 0. The largest absolute Gasteiger partial charge is 0.290 e. The molecule has 1 aromatic heterocycles. The Bertz CT molecular complexity index is 1240. The molecule has 2 aromatic carbocycles. The second-order valence-electron chi connectivity index (χ2n) is 5.88. The topological polar surface area (TPSA) is 150 Å². The minimum atomic E-state index is -3.63. The van der Waals surface area contributed by atoms with Gasteiger partial charge in [0.25, 0.3) is 17.4 Å². The molecule has 0 bridgehead atoms. The lowest BCUT2D eigenvalue weighted by atomic mass is 10.1. The standard InChI is InChI=1S/C18H17N5O5S/c1-2-19-29(27,28)12-9-7-11(8-10-12)16(24)21-23-18(26)15-13-5-3-4-6-14(13)17(25)22-20-15/h3-10,19H,2H2,1H3,(H,21,24)(H,22,25)(H,23,26). The van der Waals surface area contributed by atoms with Gasteiger partial charge in [-0.2, -0.15) is 5.10 Å². The molecule has 0 unspecified atom stereocenters. The second kappa shape index (κ2) is 8.20. The van der Waals surface area contributed by atoms with Crippen molar-refractivity contribution in [3.63, 3.8) is 0 Å². The summed E-state index contributed by atoms with van der Waals surface area (Å²) < 4.78 is 26.2. The van der Waals surface area contributed by atoms with Crippen LogP contribution in [-0.4, -0.2) is 37.0 Å². The molecule has 3 rings (SSSR count). The maximum absolute atomic E-state index is 12.4. The molecule has 29 heavy (non-hydrogen) atoms. The molecule has 0 saturated heterocycles. The van der Waals surface area contributed by atoms with Crippen LogP contribution in [0.2, 0.25) is 0 Å². The van der Waals surface area contributed by atoms with Crippen LogP contribution in [0.5, 0.6) is 0 Å². The second-order valence-corrected chi connectivity index (χ2v) is 7.65. The number of sulfonamides is 1. The summed E-state index contributed by atoms with van der Waals surface area (Å²) in [5.74, 6) is -1.38. The van der Waals surface area contributed by atoms with E-state index in [1.54, 1.807) is 31.2 Å². The fourth-order valence-corrected chi connectivity index (χ4v) is 3.63. The van der Waals surface area contributed by atoms with Gasteiger partial charge in [0.05, 0.1) is 10.3 Å². The molecule has 3 aromatic rings. The first-order chi connectivity index (χ1) is 13.8. The van der Waals surface area contributed by atoms with E-state index in [4.69, 9.17) is 0 Å². The van der Waals surface area contributed by atoms with E-state index in [0.29, 0.717) is 5.39 Å². The van der Waals surface area contributed by atoms with Gasteiger partial charge >= 0.3 is 0 Å². The van der Waals surface area contributed by atoms with Gasteiger partial charge in [-0.15, -0.1) is 0 Å². The number of rotatable bonds is 5. The summed E-state index contributed by atoms with van der Waals surface area (Å²) in [5.41, 5.74) is 4.08. The summed E-state index contributed by atoms with van der Waals surface area (Å²) in [5, 5.41) is 6.59. The number of H-pyrrole nitrogens is 1. The first kappa shape index (κ1) is 20.2. The van der Waals surface area contributed by atoms with E-state index in [9.17, 15) is 22.8 Å². The predicted molar refractivity (Wildman–Crippen MR) is 105 cm³/mol. The van der Waals surface area contributed by atoms with E-state index in [2.05, 4.69) is 25.8 Å². The summed E-state index contributed by atoms with van der Waals surface area (Å²) in [7, 11) is -3.63. The van der Waals surface area contributed by atoms with Crippen LogP contribution in [0.25, 0.3) is 10.8 Å². The highest BCUT2D eigenvalue weighted by molar-refractivity contribution is 7.89. The van der Waals surface area contributed by atoms with Crippen LogP contribution in [-0.2, 0) is 10.0 Å². The van der Waals surface area contributed by atoms with Crippen molar-refractivity contribution in [2.24, 2.45) is 0 Å². The minimum absolute atomic E-state index is 0.0174. The molecule has 1 heterocycles. The van der Waals surface area contributed by atoms with Crippen LogP contribution in [0.15, 0.2) is 58.2 Å². The van der Waals surface area contributed by atoms with E-state index in [-0.39, 0.29) is 28.1 Å². The zero-order valence-corrected chi connectivity index (χ0v) is 16.0. The van der Waals surface area contributed by atoms with Crippen LogP contribution in [0, 0.1) is 0 Å². The van der Waals surface area contributed by atoms with Crippen molar-refractivity contribution in [3.05, 3.63) is 70.1 Å². The van der Waals surface area contributed by atoms with Crippen molar-refractivity contribution in [1.82, 2.24) is 25.8 Å². The molecule has 150 valence electrons. The first-order valence-corrected chi connectivity index (χ1v) is 9.99. The van der Waals surface area contributed by atoms with Crippen LogP contribution < -0.4 is 21.1 Å². The van der Waals surface area contributed by atoms with Crippen molar-refractivity contribution >= 4 is 32.6 Å². The normalized spacial score (nSPS) is 11.2. The Labute approximate surface area is 165 Å². The Kier molecular flexibility index (Phi) is 5.71. The number of hydrazine groups is 1. The van der Waals surface area contributed by atoms with Gasteiger partial charge in [-0.3, -0.25) is 25.2 Å². The zero-order valence-electron chi connectivity index (χ0n) is 15.2. The number of aromatic amines is 1. The van der Waals surface area contributed by atoms with Crippen LogP contribution in [0.4, 0.5) is 0 Å². The average molecular weight is 415 g/mol. The summed E-state index contributed by atoms with van der Waals surface area (Å²) in [6.45, 7) is 1.90. The van der Waals surface area contributed by atoms with E-state index in [1.165, 1.54) is 24.3 Å². The summed E-state index contributed by atoms with van der Waals surface area (Å²) in [4.78, 5) is 36.4. The SMILES string of the molecule is CCNS(=O)(=O)c1ccc(C(=O)NNC(=O)c2n[nH]c(=O)c3ccccc23)cc1.